The molecule has 13 heteroatoms. The number of nitrogens with zero attached hydrogens (tertiary/aromatic N) is 2. The van der Waals surface area contributed by atoms with Gasteiger partial charge in [0.2, 0.25) is 23.6 Å². The number of ether oxygens (including phenoxy) is 1. The molecular formula is C40H69N5O7S. The molecule has 4 amide bonds. The highest BCUT2D eigenvalue weighted by Gasteiger charge is 2.48. The van der Waals surface area contributed by atoms with Gasteiger partial charge in [-0.2, -0.15) is 0 Å². The number of carbonyl (C=O) groups excluding carboxylic acids is 4. The van der Waals surface area contributed by atoms with Crippen molar-refractivity contribution in [2.24, 2.45) is 17.8 Å². The molecule has 0 spiro atoms. The Balaban J connectivity index is 2.35. The highest BCUT2D eigenvalue weighted by Crippen LogP contribution is 2.33. The second-order valence-electron chi connectivity index (χ2n) is 16.3. The number of carbonyl (C=O) groups is 4. The van der Waals surface area contributed by atoms with Gasteiger partial charge < -0.3 is 30.5 Å². The molecule has 0 aliphatic carbocycles. The summed E-state index contributed by atoms with van der Waals surface area (Å²) in [6, 6.07) is 7.26. The maximum absolute atomic E-state index is 14.3. The minimum Gasteiger partial charge on any atom is -0.379 e. The molecule has 0 radical (unpaired) electrons. The first-order valence-corrected chi connectivity index (χ1v) is 20.9. The van der Waals surface area contributed by atoms with Gasteiger partial charge in [0.15, 0.2) is 9.84 Å². The zero-order chi connectivity index (χ0) is 40.3. The normalized spacial score (nSPS) is 18.6. The second-order valence-corrected chi connectivity index (χ2v) is 19.2. The molecule has 1 fully saturated rings. The zero-order valence-electron chi connectivity index (χ0n) is 34.4. The largest absolute Gasteiger partial charge is 0.379 e. The molecule has 1 aromatic carbocycles. The van der Waals surface area contributed by atoms with Crippen molar-refractivity contribution in [2.45, 2.75) is 141 Å². The zero-order valence-corrected chi connectivity index (χ0v) is 35.2. The van der Waals surface area contributed by atoms with Crippen LogP contribution in [-0.4, -0.2) is 116 Å². The van der Waals surface area contributed by atoms with Gasteiger partial charge >= 0.3 is 0 Å². The van der Waals surface area contributed by atoms with E-state index >= 15 is 0 Å². The molecule has 12 nitrogen and oxygen atoms in total. The summed E-state index contributed by atoms with van der Waals surface area (Å²) < 4.78 is 33.0. The van der Waals surface area contributed by atoms with E-state index in [1.165, 1.54) is 7.11 Å². The molecule has 302 valence electrons. The predicted molar refractivity (Wildman–Crippen MR) is 211 cm³/mol. The van der Waals surface area contributed by atoms with Crippen LogP contribution in [0.2, 0.25) is 0 Å². The smallest absolute Gasteiger partial charge is 0.245 e. The number of nitrogens with one attached hydrogen (secondary N) is 3. The standard InChI is InChI=1S/C40H69N5O7S/c1-13-28(6)37(44(11)39(49)36(27(4)5)43-38(48)35(41-10)26(2)3)31(52-12)24-34(47)45-23-17-20-30(45)32(53(50,51)40(7,8)9)25-33(46)42-22-21-29-18-15-14-16-19-29/h14-16,18-19,26-28,30-32,35-37,41H,13,17,20-25H2,1-12H3,(H,42,46)(H,43,48). The number of amides is 4. The van der Waals surface area contributed by atoms with Crippen molar-refractivity contribution in [3.8, 4) is 0 Å². The molecule has 0 bridgehead atoms. The molecule has 1 aromatic rings. The Morgan fingerprint density at radius 2 is 1.58 bits per heavy atom. The number of hydrogen-bond acceptors (Lipinski definition) is 8. The molecule has 7 unspecified atom stereocenters. The number of rotatable bonds is 20. The van der Waals surface area contributed by atoms with Crippen LogP contribution in [0, 0.1) is 17.8 Å². The van der Waals surface area contributed by atoms with Crippen molar-refractivity contribution in [1.29, 1.82) is 0 Å². The van der Waals surface area contributed by atoms with E-state index in [1.807, 2.05) is 71.9 Å². The lowest BCUT2D eigenvalue weighted by Gasteiger charge is -2.41. The molecule has 53 heavy (non-hydrogen) atoms. The van der Waals surface area contributed by atoms with E-state index < -0.39 is 50.1 Å². The summed E-state index contributed by atoms with van der Waals surface area (Å²) in [5.41, 5.74) is 1.06. The minimum absolute atomic E-state index is 0.0128. The number of methoxy groups -OCH3 is 1. The maximum atomic E-state index is 14.3. The molecule has 2 rings (SSSR count). The highest BCUT2D eigenvalue weighted by molar-refractivity contribution is 7.93. The van der Waals surface area contributed by atoms with Crippen LogP contribution >= 0.6 is 0 Å². The molecule has 1 saturated heterocycles. The lowest BCUT2D eigenvalue weighted by atomic mass is 9.89. The van der Waals surface area contributed by atoms with Crippen molar-refractivity contribution < 1.29 is 32.3 Å². The molecule has 1 aliphatic rings. The van der Waals surface area contributed by atoms with Gasteiger partial charge in [-0.25, -0.2) is 8.42 Å². The van der Waals surface area contributed by atoms with Crippen molar-refractivity contribution in [3.05, 3.63) is 35.9 Å². The van der Waals surface area contributed by atoms with Gasteiger partial charge in [-0.15, -0.1) is 0 Å². The van der Waals surface area contributed by atoms with Crippen LogP contribution in [0.3, 0.4) is 0 Å². The van der Waals surface area contributed by atoms with Gasteiger partial charge in [0.05, 0.1) is 34.6 Å². The summed E-state index contributed by atoms with van der Waals surface area (Å²) in [4.78, 5) is 58.2. The first kappa shape index (κ1) is 46.1. The summed E-state index contributed by atoms with van der Waals surface area (Å²) in [5.74, 6) is -1.46. The monoisotopic (exact) mass is 763 g/mol. The van der Waals surface area contributed by atoms with E-state index in [0.717, 1.165) is 5.56 Å². The second kappa shape index (κ2) is 20.6. The quantitative estimate of drug-likeness (QED) is 0.180. The Hall–Kier alpha value is -3.03. The van der Waals surface area contributed by atoms with Crippen LogP contribution in [0.5, 0.6) is 0 Å². The minimum atomic E-state index is -3.87. The van der Waals surface area contributed by atoms with Crippen LogP contribution in [0.25, 0.3) is 0 Å². The molecule has 3 N–H and O–H groups in total. The fourth-order valence-corrected chi connectivity index (χ4v) is 9.38. The average Bonchev–Trinajstić information content (AvgIpc) is 3.58. The van der Waals surface area contributed by atoms with Gasteiger partial charge in [-0.3, -0.25) is 19.2 Å². The number of sulfone groups is 1. The number of benzene rings is 1. The topological polar surface area (TPSA) is 154 Å². The number of likely N-dealkylation sites (tertiary alicyclic amines) is 1. The predicted octanol–water partition coefficient (Wildman–Crippen LogP) is 3.97. The third-order valence-corrected chi connectivity index (χ3v) is 13.8. The summed E-state index contributed by atoms with van der Waals surface area (Å²) in [5, 5.41) is 7.81. The maximum Gasteiger partial charge on any atom is 0.245 e. The van der Waals surface area contributed by atoms with Gasteiger partial charge in [0.25, 0.3) is 0 Å². The first-order valence-electron chi connectivity index (χ1n) is 19.3. The Kier molecular flexibility index (Phi) is 17.9. The van der Waals surface area contributed by atoms with Gasteiger partial charge in [-0.1, -0.05) is 78.3 Å². The average molecular weight is 764 g/mol. The Morgan fingerprint density at radius 3 is 2.09 bits per heavy atom. The summed E-state index contributed by atoms with van der Waals surface area (Å²) in [6.45, 7) is 17.3. The van der Waals surface area contributed by atoms with Crippen molar-refractivity contribution in [1.82, 2.24) is 25.8 Å². The fourth-order valence-electron chi connectivity index (χ4n) is 7.40. The summed E-state index contributed by atoms with van der Waals surface area (Å²) in [6.07, 6.45) is 1.32. The molecule has 1 aliphatic heterocycles. The fraction of sp³-hybridized carbons (Fsp3) is 0.750. The van der Waals surface area contributed by atoms with Gasteiger partial charge in [0, 0.05) is 39.7 Å². The summed E-state index contributed by atoms with van der Waals surface area (Å²) in [7, 11) is 1.05. The van der Waals surface area contributed by atoms with E-state index in [2.05, 4.69) is 16.0 Å². The summed E-state index contributed by atoms with van der Waals surface area (Å²) >= 11 is 0. The molecular weight excluding hydrogens is 695 g/mol. The van der Waals surface area contributed by atoms with E-state index in [-0.39, 0.29) is 54.2 Å². The molecule has 0 aromatic heterocycles. The lowest BCUT2D eigenvalue weighted by molar-refractivity contribution is -0.146. The molecule has 0 saturated carbocycles. The Bertz CT molecular complexity index is 1450. The Labute approximate surface area is 319 Å². The third-order valence-electron chi connectivity index (χ3n) is 10.8. The van der Waals surface area contributed by atoms with Crippen LogP contribution < -0.4 is 16.0 Å². The van der Waals surface area contributed by atoms with E-state index in [4.69, 9.17) is 4.74 Å². The number of hydrogen-bond donors (Lipinski definition) is 3. The van der Waals surface area contributed by atoms with Gasteiger partial charge in [0.1, 0.15) is 6.04 Å². The molecule has 1 heterocycles. The third kappa shape index (κ3) is 12.2. The van der Waals surface area contributed by atoms with Crippen LogP contribution in [0.1, 0.15) is 100.0 Å². The number of likely N-dealkylation sites (N-methyl/N-ethyl adjacent to an activating group) is 2. The van der Waals surface area contributed by atoms with Crippen molar-refractivity contribution in [3.63, 3.8) is 0 Å². The molecule has 7 atom stereocenters. The van der Waals surface area contributed by atoms with E-state index in [1.54, 1.807) is 44.7 Å². The van der Waals surface area contributed by atoms with E-state index in [9.17, 15) is 27.6 Å². The highest BCUT2D eigenvalue weighted by atomic mass is 32.2. The Morgan fingerprint density at radius 1 is 0.981 bits per heavy atom. The van der Waals surface area contributed by atoms with Crippen LogP contribution in [0.15, 0.2) is 30.3 Å². The SMILES string of the molecule is CCC(C)C(C(CC(=O)N1CCCC1C(CC(=O)NCCc1ccccc1)S(=O)(=O)C(C)(C)C)OC)N(C)C(=O)C(NC(=O)C(NC)C(C)C)C(C)C. The van der Waals surface area contributed by atoms with E-state index in [0.29, 0.717) is 38.8 Å². The van der Waals surface area contributed by atoms with Crippen molar-refractivity contribution in [2.75, 3.05) is 34.3 Å². The lowest BCUT2D eigenvalue weighted by Crippen LogP contribution is -2.59. The van der Waals surface area contributed by atoms with Crippen molar-refractivity contribution >= 4 is 33.5 Å². The van der Waals surface area contributed by atoms with Crippen LogP contribution in [-0.2, 0) is 40.2 Å². The first-order chi connectivity index (χ1) is 24.7. The van der Waals surface area contributed by atoms with Crippen LogP contribution in [0.4, 0.5) is 0 Å². The van der Waals surface area contributed by atoms with Gasteiger partial charge in [-0.05, 0) is 70.4 Å².